The molecule has 0 aromatic carbocycles. The lowest BCUT2D eigenvalue weighted by Gasteiger charge is -2.28. The van der Waals surface area contributed by atoms with E-state index in [1.807, 2.05) is 6.20 Å². The molecule has 0 bridgehead atoms. The highest BCUT2D eigenvalue weighted by Crippen LogP contribution is 2.39. The van der Waals surface area contributed by atoms with Crippen LogP contribution in [0.3, 0.4) is 0 Å². The molecule has 3 unspecified atom stereocenters. The molecule has 4 heteroatoms. The number of fused-ring (bicyclic) bond motifs is 2. The van der Waals surface area contributed by atoms with Crippen molar-refractivity contribution >= 4 is 5.91 Å². The summed E-state index contributed by atoms with van der Waals surface area (Å²) in [7, 11) is 0. The summed E-state index contributed by atoms with van der Waals surface area (Å²) in [6, 6.07) is 0. The third-order valence-corrected chi connectivity index (χ3v) is 6.01. The van der Waals surface area contributed by atoms with Crippen LogP contribution in [0.1, 0.15) is 62.1 Å². The zero-order chi connectivity index (χ0) is 14.2. The number of nitrogens with zero attached hydrogens (tertiary/aromatic N) is 2. The van der Waals surface area contributed by atoms with E-state index >= 15 is 0 Å². The van der Waals surface area contributed by atoms with Crippen LogP contribution in [0.5, 0.6) is 0 Å². The second kappa shape index (κ2) is 5.47. The first-order chi connectivity index (χ1) is 10.3. The number of aromatic amines is 1. The standard InChI is InChI=1S/C17H25N3O/c21-17(14-5-2-6-16-15(14)11-18-19-16)20-9-7-12-3-1-4-13(12)8-10-20/h11-14H,1-10H2,(H,18,19). The first-order valence-corrected chi connectivity index (χ1v) is 8.64. The number of nitrogens with one attached hydrogen (secondary N) is 1. The maximum Gasteiger partial charge on any atom is 0.230 e. The van der Waals surface area contributed by atoms with Gasteiger partial charge in [-0.15, -0.1) is 0 Å². The predicted octanol–water partition coefficient (Wildman–Crippen LogP) is 2.87. The molecule has 2 aliphatic carbocycles. The van der Waals surface area contributed by atoms with Crippen molar-refractivity contribution < 1.29 is 4.79 Å². The molecule has 1 amide bonds. The fourth-order valence-corrected chi connectivity index (χ4v) is 4.79. The Bertz CT molecular complexity index is 510. The van der Waals surface area contributed by atoms with Crippen LogP contribution in [-0.2, 0) is 11.2 Å². The van der Waals surface area contributed by atoms with Gasteiger partial charge in [-0.2, -0.15) is 5.10 Å². The number of rotatable bonds is 1. The molecular weight excluding hydrogens is 262 g/mol. The van der Waals surface area contributed by atoms with Crippen molar-refractivity contribution in [3.8, 4) is 0 Å². The van der Waals surface area contributed by atoms with Gasteiger partial charge in [0, 0.05) is 24.3 Å². The van der Waals surface area contributed by atoms with Crippen LogP contribution in [0, 0.1) is 11.8 Å². The first kappa shape index (κ1) is 13.4. The molecule has 1 saturated carbocycles. The summed E-state index contributed by atoms with van der Waals surface area (Å²) in [5.74, 6) is 2.19. The summed E-state index contributed by atoms with van der Waals surface area (Å²) in [4.78, 5) is 15.1. The molecule has 1 saturated heterocycles. The Morgan fingerprint density at radius 2 is 1.86 bits per heavy atom. The van der Waals surface area contributed by atoms with Crippen molar-refractivity contribution in [2.24, 2.45) is 11.8 Å². The number of hydrogen-bond donors (Lipinski definition) is 1. The van der Waals surface area contributed by atoms with Crippen molar-refractivity contribution in [1.29, 1.82) is 0 Å². The average Bonchev–Trinajstić information content (AvgIpc) is 3.11. The fraction of sp³-hybridized carbons (Fsp3) is 0.765. The zero-order valence-electron chi connectivity index (χ0n) is 12.7. The smallest absolute Gasteiger partial charge is 0.230 e. The minimum absolute atomic E-state index is 0.0606. The number of aromatic nitrogens is 2. The van der Waals surface area contributed by atoms with Crippen molar-refractivity contribution in [3.05, 3.63) is 17.5 Å². The topological polar surface area (TPSA) is 49.0 Å². The molecule has 4 nitrogen and oxygen atoms in total. The van der Waals surface area contributed by atoms with Gasteiger partial charge in [0.2, 0.25) is 5.91 Å². The molecule has 114 valence electrons. The first-order valence-electron chi connectivity index (χ1n) is 8.64. The number of likely N-dealkylation sites (tertiary alicyclic amines) is 1. The third-order valence-electron chi connectivity index (χ3n) is 6.01. The second-order valence-corrected chi connectivity index (χ2v) is 7.10. The number of amides is 1. The van der Waals surface area contributed by atoms with Crippen LogP contribution < -0.4 is 0 Å². The molecule has 21 heavy (non-hydrogen) atoms. The fourth-order valence-electron chi connectivity index (χ4n) is 4.79. The summed E-state index contributed by atoms with van der Waals surface area (Å²) < 4.78 is 0. The number of hydrogen-bond acceptors (Lipinski definition) is 2. The summed E-state index contributed by atoms with van der Waals surface area (Å²) in [5.41, 5.74) is 2.35. The Hall–Kier alpha value is -1.32. The van der Waals surface area contributed by atoms with Crippen molar-refractivity contribution in [2.45, 2.75) is 57.3 Å². The minimum atomic E-state index is 0.0606. The van der Waals surface area contributed by atoms with E-state index in [0.29, 0.717) is 5.91 Å². The van der Waals surface area contributed by atoms with E-state index in [4.69, 9.17) is 0 Å². The van der Waals surface area contributed by atoms with E-state index in [2.05, 4.69) is 15.1 Å². The second-order valence-electron chi connectivity index (χ2n) is 7.10. The van der Waals surface area contributed by atoms with Gasteiger partial charge in [-0.3, -0.25) is 9.89 Å². The molecular formula is C17H25N3O. The molecule has 0 radical (unpaired) electrons. The Labute approximate surface area is 126 Å². The van der Waals surface area contributed by atoms with Gasteiger partial charge in [0.05, 0.1) is 12.1 Å². The van der Waals surface area contributed by atoms with E-state index in [9.17, 15) is 4.79 Å². The van der Waals surface area contributed by atoms with Gasteiger partial charge >= 0.3 is 0 Å². The summed E-state index contributed by atoms with van der Waals surface area (Å²) in [6.07, 6.45) is 11.7. The summed E-state index contributed by atoms with van der Waals surface area (Å²) in [5, 5.41) is 7.22. The minimum Gasteiger partial charge on any atom is -0.342 e. The monoisotopic (exact) mass is 287 g/mol. The van der Waals surface area contributed by atoms with Crippen LogP contribution in [0.15, 0.2) is 6.20 Å². The number of aryl methyl sites for hydroxylation is 1. The highest BCUT2D eigenvalue weighted by Gasteiger charge is 2.35. The van der Waals surface area contributed by atoms with Gasteiger partial charge in [0.1, 0.15) is 0 Å². The Morgan fingerprint density at radius 3 is 2.62 bits per heavy atom. The Kier molecular flexibility index (Phi) is 3.48. The van der Waals surface area contributed by atoms with Gasteiger partial charge in [-0.25, -0.2) is 0 Å². The van der Waals surface area contributed by atoms with Crippen LogP contribution in [0.2, 0.25) is 0 Å². The molecule has 3 aliphatic rings. The molecule has 0 spiro atoms. The van der Waals surface area contributed by atoms with Crippen LogP contribution in [0.25, 0.3) is 0 Å². The van der Waals surface area contributed by atoms with E-state index in [-0.39, 0.29) is 5.92 Å². The number of H-pyrrole nitrogens is 1. The maximum atomic E-state index is 13.0. The van der Waals surface area contributed by atoms with E-state index in [0.717, 1.165) is 49.8 Å². The zero-order valence-corrected chi connectivity index (χ0v) is 12.7. The van der Waals surface area contributed by atoms with E-state index in [1.54, 1.807) is 0 Å². The van der Waals surface area contributed by atoms with Gasteiger partial charge < -0.3 is 4.90 Å². The molecule has 1 aromatic rings. The lowest BCUT2D eigenvalue weighted by atomic mass is 9.86. The molecule has 1 N–H and O–H groups in total. The van der Waals surface area contributed by atoms with Crippen LogP contribution in [-0.4, -0.2) is 34.1 Å². The normalized spacial score (nSPS) is 32.4. The molecule has 2 heterocycles. The molecule has 4 rings (SSSR count). The number of carbonyl (C=O) groups is 1. The average molecular weight is 287 g/mol. The quantitative estimate of drug-likeness (QED) is 0.863. The maximum absolute atomic E-state index is 13.0. The van der Waals surface area contributed by atoms with Gasteiger partial charge in [0.15, 0.2) is 0 Å². The highest BCUT2D eigenvalue weighted by atomic mass is 16.2. The lowest BCUT2D eigenvalue weighted by Crippen LogP contribution is -2.37. The summed E-state index contributed by atoms with van der Waals surface area (Å²) >= 11 is 0. The molecule has 1 aliphatic heterocycles. The van der Waals surface area contributed by atoms with Crippen LogP contribution >= 0.6 is 0 Å². The Balaban J connectivity index is 1.48. The lowest BCUT2D eigenvalue weighted by molar-refractivity contribution is -0.133. The number of carbonyl (C=O) groups excluding carboxylic acids is 1. The highest BCUT2D eigenvalue weighted by molar-refractivity contribution is 5.84. The van der Waals surface area contributed by atoms with Crippen molar-refractivity contribution in [3.63, 3.8) is 0 Å². The Morgan fingerprint density at radius 1 is 1.10 bits per heavy atom. The third kappa shape index (κ3) is 2.39. The van der Waals surface area contributed by atoms with Crippen molar-refractivity contribution in [2.75, 3.05) is 13.1 Å². The SMILES string of the molecule is O=C(C1CCCc2[nH]ncc21)N1CCC2CCCC2CC1. The largest absolute Gasteiger partial charge is 0.342 e. The van der Waals surface area contributed by atoms with Gasteiger partial charge in [0.25, 0.3) is 0 Å². The molecule has 2 fully saturated rings. The predicted molar refractivity (Wildman–Crippen MR) is 80.9 cm³/mol. The van der Waals surface area contributed by atoms with Gasteiger partial charge in [-0.1, -0.05) is 19.3 Å². The molecule has 1 aromatic heterocycles. The van der Waals surface area contributed by atoms with Crippen molar-refractivity contribution in [1.82, 2.24) is 15.1 Å². The van der Waals surface area contributed by atoms with E-state index in [1.165, 1.54) is 37.8 Å². The van der Waals surface area contributed by atoms with E-state index < -0.39 is 0 Å². The van der Waals surface area contributed by atoms with Gasteiger partial charge in [-0.05, 0) is 43.9 Å². The molecule has 3 atom stereocenters. The summed E-state index contributed by atoms with van der Waals surface area (Å²) in [6.45, 7) is 1.95. The van der Waals surface area contributed by atoms with Crippen LogP contribution in [0.4, 0.5) is 0 Å².